The lowest BCUT2D eigenvalue weighted by molar-refractivity contribution is -0.121. The zero-order valence-electron chi connectivity index (χ0n) is 15.0. The molecule has 0 fully saturated rings. The van der Waals surface area contributed by atoms with Crippen molar-refractivity contribution in [3.63, 3.8) is 0 Å². The van der Waals surface area contributed by atoms with Crippen molar-refractivity contribution in [1.29, 1.82) is 0 Å². The van der Waals surface area contributed by atoms with Crippen molar-refractivity contribution >= 4 is 15.9 Å². The van der Waals surface area contributed by atoms with Gasteiger partial charge in [0.25, 0.3) is 0 Å². The molecule has 0 heterocycles. The molecule has 0 aliphatic heterocycles. The van der Waals surface area contributed by atoms with Gasteiger partial charge in [-0.25, -0.2) is 8.42 Å². The van der Waals surface area contributed by atoms with Crippen molar-refractivity contribution in [2.24, 2.45) is 0 Å². The first-order valence-corrected chi connectivity index (χ1v) is 9.53. The topological polar surface area (TPSA) is 66.5 Å². The van der Waals surface area contributed by atoms with E-state index in [0.717, 1.165) is 21.0 Å². The second kappa shape index (κ2) is 7.80. The molecule has 2 aromatic carbocycles. The normalized spacial score (nSPS) is 12.8. The predicted molar refractivity (Wildman–Crippen MR) is 98.7 cm³/mol. The first-order chi connectivity index (χ1) is 11.7. The van der Waals surface area contributed by atoms with Gasteiger partial charge in [-0.1, -0.05) is 42.0 Å². The van der Waals surface area contributed by atoms with Crippen molar-refractivity contribution in [2.75, 3.05) is 13.6 Å². The van der Waals surface area contributed by atoms with Gasteiger partial charge in [-0.2, -0.15) is 4.31 Å². The van der Waals surface area contributed by atoms with E-state index < -0.39 is 10.0 Å². The predicted octanol–water partition coefficient (Wildman–Crippen LogP) is 2.80. The van der Waals surface area contributed by atoms with Crippen LogP contribution in [0.15, 0.2) is 53.4 Å². The van der Waals surface area contributed by atoms with Crippen LogP contribution in [0.3, 0.4) is 0 Å². The molecular formula is C19H24N2O3S. The Bertz CT molecular complexity index is 848. The highest BCUT2D eigenvalue weighted by atomic mass is 32.2. The number of amides is 1. The molecule has 2 aromatic rings. The molecule has 25 heavy (non-hydrogen) atoms. The van der Waals surface area contributed by atoms with Gasteiger partial charge in [0.05, 0.1) is 17.5 Å². The summed E-state index contributed by atoms with van der Waals surface area (Å²) in [6.07, 6.45) is 0. The summed E-state index contributed by atoms with van der Waals surface area (Å²) < 4.78 is 26.0. The van der Waals surface area contributed by atoms with Crippen molar-refractivity contribution in [3.05, 3.63) is 65.2 Å². The SMILES string of the molecule is Cc1ccc(C)c(C(C)NC(=O)CN(C)S(=O)(=O)c2ccccc2)c1. The quantitative estimate of drug-likeness (QED) is 0.861. The Morgan fingerprint density at radius 3 is 2.40 bits per heavy atom. The molecule has 0 spiro atoms. The Morgan fingerprint density at radius 1 is 1.12 bits per heavy atom. The summed E-state index contributed by atoms with van der Waals surface area (Å²) in [6.45, 7) is 5.65. The Morgan fingerprint density at radius 2 is 1.76 bits per heavy atom. The molecule has 0 radical (unpaired) electrons. The van der Waals surface area contributed by atoms with E-state index in [9.17, 15) is 13.2 Å². The van der Waals surface area contributed by atoms with Crippen molar-refractivity contribution in [1.82, 2.24) is 9.62 Å². The molecule has 2 rings (SSSR count). The first kappa shape index (κ1) is 19.1. The third-order valence-corrected chi connectivity index (χ3v) is 5.91. The average molecular weight is 360 g/mol. The van der Waals surface area contributed by atoms with Gasteiger partial charge < -0.3 is 5.32 Å². The second-order valence-electron chi connectivity index (χ2n) is 6.22. The first-order valence-electron chi connectivity index (χ1n) is 8.09. The molecule has 134 valence electrons. The maximum absolute atomic E-state index is 12.5. The number of hydrogen-bond acceptors (Lipinski definition) is 3. The molecule has 6 heteroatoms. The Kier molecular flexibility index (Phi) is 5.98. The maximum atomic E-state index is 12.5. The average Bonchev–Trinajstić information content (AvgIpc) is 2.57. The van der Waals surface area contributed by atoms with Gasteiger partial charge in [0, 0.05) is 7.05 Å². The van der Waals surface area contributed by atoms with Crippen LogP contribution in [0.5, 0.6) is 0 Å². The highest BCUT2D eigenvalue weighted by Crippen LogP contribution is 2.19. The number of hydrogen-bond donors (Lipinski definition) is 1. The smallest absolute Gasteiger partial charge is 0.243 e. The molecule has 0 saturated carbocycles. The number of sulfonamides is 1. The zero-order chi connectivity index (χ0) is 18.6. The molecule has 0 aliphatic rings. The van der Waals surface area contributed by atoms with Crippen LogP contribution in [0, 0.1) is 13.8 Å². The van der Waals surface area contributed by atoms with E-state index in [-0.39, 0.29) is 23.4 Å². The number of rotatable bonds is 6. The van der Waals surface area contributed by atoms with E-state index in [4.69, 9.17) is 0 Å². The Hall–Kier alpha value is -2.18. The van der Waals surface area contributed by atoms with Crippen molar-refractivity contribution < 1.29 is 13.2 Å². The molecule has 1 atom stereocenters. The van der Waals surface area contributed by atoms with E-state index in [1.54, 1.807) is 18.2 Å². The van der Waals surface area contributed by atoms with Gasteiger partial charge in [0.2, 0.25) is 15.9 Å². The van der Waals surface area contributed by atoms with Crippen LogP contribution in [-0.4, -0.2) is 32.2 Å². The third-order valence-electron chi connectivity index (χ3n) is 4.10. The summed E-state index contributed by atoms with van der Waals surface area (Å²) in [5, 5.41) is 2.87. The Labute approximate surface area is 149 Å². The number of benzene rings is 2. The van der Waals surface area contributed by atoms with Crippen molar-refractivity contribution in [3.8, 4) is 0 Å². The summed E-state index contributed by atoms with van der Waals surface area (Å²) in [5.74, 6) is -0.338. The van der Waals surface area contributed by atoms with Gasteiger partial charge in [-0.3, -0.25) is 4.79 Å². The second-order valence-corrected chi connectivity index (χ2v) is 8.27. The summed E-state index contributed by atoms with van der Waals surface area (Å²) in [6, 6.07) is 14.0. The highest BCUT2D eigenvalue weighted by Gasteiger charge is 2.23. The molecule has 1 unspecified atom stereocenters. The molecule has 0 bridgehead atoms. The third kappa shape index (κ3) is 4.67. The minimum absolute atomic E-state index is 0.174. The van der Waals surface area contributed by atoms with E-state index in [1.165, 1.54) is 19.2 Å². The summed E-state index contributed by atoms with van der Waals surface area (Å²) in [7, 11) is -2.27. The summed E-state index contributed by atoms with van der Waals surface area (Å²) in [4.78, 5) is 12.5. The minimum Gasteiger partial charge on any atom is -0.348 e. The van der Waals surface area contributed by atoms with E-state index in [2.05, 4.69) is 5.32 Å². The molecule has 0 saturated heterocycles. The van der Waals surface area contributed by atoms with Gasteiger partial charge in [-0.05, 0) is 44.0 Å². The summed E-state index contributed by atoms with van der Waals surface area (Å²) in [5.41, 5.74) is 3.23. The van der Waals surface area contributed by atoms with E-state index in [1.807, 2.05) is 39.0 Å². The zero-order valence-corrected chi connectivity index (χ0v) is 15.8. The fourth-order valence-corrected chi connectivity index (χ4v) is 3.80. The van der Waals surface area contributed by atoms with Crippen LogP contribution in [0.4, 0.5) is 0 Å². The largest absolute Gasteiger partial charge is 0.348 e. The molecule has 5 nitrogen and oxygen atoms in total. The van der Waals surface area contributed by atoms with Crippen LogP contribution in [0.2, 0.25) is 0 Å². The fourth-order valence-electron chi connectivity index (χ4n) is 2.65. The van der Waals surface area contributed by atoms with Crippen LogP contribution >= 0.6 is 0 Å². The number of likely N-dealkylation sites (N-methyl/N-ethyl adjacent to an activating group) is 1. The number of carbonyl (C=O) groups excluding carboxylic acids is 1. The van der Waals surface area contributed by atoms with Crippen LogP contribution in [-0.2, 0) is 14.8 Å². The van der Waals surface area contributed by atoms with E-state index in [0.29, 0.717) is 0 Å². The number of nitrogens with one attached hydrogen (secondary N) is 1. The van der Waals surface area contributed by atoms with Gasteiger partial charge in [-0.15, -0.1) is 0 Å². The van der Waals surface area contributed by atoms with Crippen molar-refractivity contribution in [2.45, 2.75) is 31.7 Å². The molecule has 1 N–H and O–H groups in total. The maximum Gasteiger partial charge on any atom is 0.243 e. The van der Waals surface area contributed by atoms with Gasteiger partial charge in [0.1, 0.15) is 0 Å². The van der Waals surface area contributed by atoms with Gasteiger partial charge in [0.15, 0.2) is 0 Å². The summed E-state index contributed by atoms with van der Waals surface area (Å²) >= 11 is 0. The van der Waals surface area contributed by atoms with E-state index >= 15 is 0 Å². The van der Waals surface area contributed by atoms with Gasteiger partial charge >= 0.3 is 0 Å². The van der Waals surface area contributed by atoms with Crippen LogP contribution in [0.1, 0.15) is 29.7 Å². The molecule has 0 aliphatic carbocycles. The number of nitrogens with zero attached hydrogens (tertiary/aromatic N) is 1. The lowest BCUT2D eigenvalue weighted by Gasteiger charge is -2.20. The number of carbonyl (C=O) groups is 1. The molecular weight excluding hydrogens is 336 g/mol. The standard InChI is InChI=1S/C19H24N2O3S/c1-14-10-11-15(2)18(12-14)16(3)20-19(22)13-21(4)25(23,24)17-8-6-5-7-9-17/h5-12,16H,13H2,1-4H3,(H,20,22). The van der Waals surface area contributed by atoms with Crippen LogP contribution < -0.4 is 5.32 Å². The fraction of sp³-hybridized carbons (Fsp3) is 0.316. The lowest BCUT2D eigenvalue weighted by Crippen LogP contribution is -2.39. The molecule has 1 amide bonds. The van der Waals surface area contributed by atoms with Crippen LogP contribution in [0.25, 0.3) is 0 Å². The lowest BCUT2D eigenvalue weighted by atomic mass is 10.00. The Balaban J connectivity index is 2.05. The number of aryl methyl sites for hydroxylation is 2. The molecule has 0 aromatic heterocycles. The minimum atomic E-state index is -3.68. The highest BCUT2D eigenvalue weighted by molar-refractivity contribution is 7.89. The monoisotopic (exact) mass is 360 g/mol.